The molecule has 2 rings (SSSR count). The summed E-state index contributed by atoms with van der Waals surface area (Å²) in [5.74, 6) is 0.690. The molecule has 0 saturated carbocycles. The maximum atomic E-state index is 12.5. The van der Waals surface area contributed by atoms with Gasteiger partial charge in [-0.3, -0.25) is 0 Å². The Balaban J connectivity index is 2.10. The number of nitrogens with zero attached hydrogens (tertiary/aromatic N) is 2. The number of aromatic nitrogens is 2. The molecular formula is C14H17F3N4. The summed E-state index contributed by atoms with van der Waals surface area (Å²) in [6, 6.07) is 5.04. The number of anilines is 2. The molecule has 4 nitrogen and oxygen atoms in total. The van der Waals surface area contributed by atoms with E-state index in [2.05, 4.69) is 10.4 Å². The van der Waals surface area contributed by atoms with E-state index in [1.54, 1.807) is 4.68 Å². The molecule has 21 heavy (non-hydrogen) atoms. The second kappa shape index (κ2) is 5.67. The molecule has 0 spiro atoms. The molecule has 0 fully saturated rings. The van der Waals surface area contributed by atoms with Crippen LogP contribution >= 0.6 is 0 Å². The molecule has 0 radical (unpaired) electrons. The molecular weight excluding hydrogens is 281 g/mol. The van der Waals surface area contributed by atoms with E-state index >= 15 is 0 Å². The van der Waals surface area contributed by atoms with Crippen molar-refractivity contribution in [2.24, 2.45) is 0 Å². The van der Waals surface area contributed by atoms with Crippen LogP contribution in [-0.4, -0.2) is 9.78 Å². The standard InChI is InChI=1S/C14H17F3N4/c1-3-21-13(12(18)9(2)20-21)19-8-10-4-6-11(7-5-10)14(15,16)17/h4-7,19H,3,8,18H2,1-2H3. The third-order valence-electron chi connectivity index (χ3n) is 3.21. The Morgan fingerprint density at radius 1 is 1.24 bits per heavy atom. The Bertz CT molecular complexity index is 614. The lowest BCUT2D eigenvalue weighted by atomic mass is 10.1. The van der Waals surface area contributed by atoms with Crippen LogP contribution in [-0.2, 0) is 19.3 Å². The average Bonchev–Trinajstić information content (AvgIpc) is 2.71. The van der Waals surface area contributed by atoms with E-state index in [9.17, 15) is 13.2 Å². The molecule has 1 heterocycles. The summed E-state index contributed by atoms with van der Waals surface area (Å²) in [6.45, 7) is 4.79. The van der Waals surface area contributed by atoms with Crippen molar-refractivity contribution in [3.63, 3.8) is 0 Å². The van der Waals surface area contributed by atoms with Crippen molar-refractivity contribution < 1.29 is 13.2 Å². The zero-order valence-electron chi connectivity index (χ0n) is 11.8. The lowest BCUT2D eigenvalue weighted by Crippen LogP contribution is -2.09. The normalized spacial score (nSPS) is 11.7. The summed E-state index contributed by atoms with van der Waals surface area (Å²) in [6.07, 6.45) is -4.31. The highest BCUT2D eigenvalue weighted by Gasteiger charge is 2.29. The Morgan fingerprint density at radius 3 is 2.38 bits per heavy atom. The largest absolute Gasteiger partial charge is 0.416 e. The van der Waals surface area contributed by atoms with E-state index in [1.807, 2.05) is 13.8 Å². The predicted molar refractivity (Wildman–Crippen MR) is 75.8 cm³/mol. The quantitative estimate of drug-likeness (QED) is 0.909. The highest BCUT2D eigenvalue weighted by Crippen LogP contribution is 2.29. The Hall–Kier alpha value is -2.18. The van der Waals surface area contributed by atoms with Gasteiger partial charge in [0.15, 0.2) is 0 Å². The van der Waals surface area contributed by atoms with Gasteiger partial charge in [0.1, 0.15) is 5.82 Å². The van der Waals surface area contributed by atoms with Crippen LogP contribution in [0.1, 0.15) is 23.7 Å². The van der Waals surface area contributed by atoms with Gasteiger partial charge in [-0.15, -0.1) is 0 Å². The number of hydrogen-bond acceptors (Lipinski definition) is 3. The van der Waals surface area contributed by atoms with Gasteiger partial charge < -0.3 is 11.1 Å². The maximum Gasteiger partial charge on any atom is 0.416 e. The molecule has 0 atom stereocenters. The van der Waals surface area contributed by atoms with Crippen LogP contribution in [0.25, 0.3) is 0 Å². The first kappa shape index (κ1) is 15.2. The maximum absolute atomic E-state index is 12.5. The van der Waals surface area contributed by atoms with Crippen LogP contribution < -0.4 is 11.1 Å². The minimum Gasteiger partial charge on any atom is -0.394 e. The summed E-state index contributed by atoms with van der Waals surface area (Å²) >= 11 is 0. The molecule has 1 aromatic heterocycles. The van der Waals surface area contributed by atoms with Crippen molar-refractivity contribution in [1.82, 2.24) is 9.78 Å². The van der Waals surface area contributed by atoms with Gasteiger partial charge in [-0.1, -0.05) is 12.1 Å². The number of alkyl halides is 3. The Kier molecular flexibility index (Phi) is 4.11. The summed E-state index contributed by atoms with van der Waals surface area (Å²) in [5.41, 5.74) is 7.30. The van der Waals surface area contributed by atoms with Crippen LogP contribution in [0.2, 0.25) is 0 Å². The molecule has 0 aliphatic carbocycles. The SMILES string of the molecule is CCn1nc(C)c(N)c1NCc1ccc(C(F)(F)F)cc1. The molecule has 0 bridgehead atoms. The summed E-state index contributed by atoms with van der Waals surface area (Å²) in [7, 11) is 0. The first-order chi connectivity index (χ1) is 9.82. The Labute approximate surface area is 120 Å². The van der Waals surface area contributed by atoms with Gasteiger partial charge in [-0.05, 0) is 31.5 Å². The van der Waals surface area contributed by atoms with Crippen LogP contribution in [0.3, 0.4) is 0 Å². The monoisotopic (exact) mass is 298 g/mol. The second-order valence-electron chi connectivity index (χ2n) is 4.71. The third kappa shape index (κ3) is 3.29. The van der Waals surface area contributed by atoms with Crippen LogP contribution in [0.5, 0.6) is 0 Å². The van der Waals surface area contributed by atoms with E-state index in [-0.39, 0.29) is 0 Å². The molecule has 0 aliphatic heterocycles. The van der Waals surface area contributed by atoms with Gasteiger partial charge in [0.05, 0.1) is 16.9 Å². The number of nitrogens with one attached hydrogen (secondary N) is 1. The lowest BCUT2D eigenvalue weighted by molar-refractivity contribution is -0.137. The van der Waals surface area contributed by atoms with E-state index < -0.39 is 11.7 Å². The van der Waals surface area contributed by atoms with Gasteiger partial charge in [0.2, 0.25) is 0 Å². The van der Waals surface area contributed by atoms with E-state index in [0.717, 1.165) is 23.4 Å². The fourth-order valence-corrected chi connectivity index (χ4v) is 2.01. The van der Waals surface area contributed by atoms with Gasteiger partial charge in [-0.25, -0.2) is 4.68 Å². The second-order valence-corrected chi connectivity index (χ2v) is 4.71. The number of nitrogens with two attached hydrogens (primary N) is 1. The van der Waals surface area contributed by atoms with E-state index in [4.69, 9.17) is 5.73 Å². The fraction of sp³-hybridized carbons (Fsp3) is 0.357. The smallest absolute Gasteiger partial charge is 0.394 e. The number of benzene rings is 1. The molecule has 0 unspecified atom stereocenters. The first-order valence-corrected chi connectivity index (χ1v) is 6.55. The van der Waals surface area contributed by atoms with Gasteiger partial charge >= 0.3 is 6.18 Å². The number of nitrogen functional groups attached to an aromatic ring is 1. The third-order valence-corrected chi connectivity index (χ3v) is 3.21. The first-order valence-electron chi connectivity index (χ1n) is 6.55. The zero-order chi connectivity index (χ0) is 15.6. The van der Waals surface area contributed by atoms with Crippen molar-refractivity contribution in [3.8, 4) is 0 Å². The van der Waals surface area contributed by atoms with Gasteiger partial charge in [0, 0.05) is 13.1 Å². The lowest BCUT2D eigenvalue weighted by Gasteiger charge is -2.11. The zero-order valence-corrected chi connectivity index (χ0v) is 11.8. The molecule has 7 heteroatoms. The summed E-state index contributed by atoms with van der Waals surface area (Å²) in [5, 5.41) is 7.39. The average molecular weight is 298 g/mol. The van der Waals surface area contributed by atoms with Crippen molar-refractivity contribution >= 4 is 11.5 Å². The molecule has 2 aromatic rings. The van der Waals surface area contributed by atoms with Crippen LogP contribution in [0.15, 0.2) is 24.3 Å². The predicted octanol–water partition coefficient (Wildman–Crippen LogP) is 3.42. The van der Waals surface area contributed by atoms with Crippen LogP contribution in [0.4, 0.5) is 24.7 Å². The molecule has 0 saturated heterocycles. The highest BCUT2D eigenvalue weighted by molar-refractivity contribution is 5.64. The van der Waals surface area contributed by atoms with E-state index in [1.165, 1.54) is 12.1 Å². The summed E-state index contributed by atoms with van der Waals surface area (Å²) in [4.78, 5) is 0. The van der Waals surface area contributed by atoms with E-state index in [0.29, 0.717) is 24.6 Å². The van der Waals surface area contributed by atoms with Crippen molar-refractivity contribution in [1.29, 1.82) is 0 Å². The Morgan fingerprint density at radius 2 is 1.86 bits per heavy atom. The highest BCUT2D eigenvalue weighted by atomic mass is 19.4. The van der Waals surface area contributed by atoms with Crippen LogP contribution in [0, 0.1) is 6.92 Å². The van der Waals surface area contributed by atoms with Gasteiger partial charge in [0.25, 0.3) is 0 Å². The topological polar surface area (TPSA) is 55.9 Å². The fourth-order valence-electron chi connectivity index (χ4n) is 2.01. The minimum atomic E-state index is -4.31. The number of rotatable bonds is 4. The summed E-state index contributed by atoms with van der Waals surface area (Å²) < 4.78 is 39.2. The van der Waals surface area contributed by atoms with Crippen molar-refractivity contribution in [3.05, 3.63) is 41.1 Å². The molecule has 3 N–H and O–H groups in total. The molecule has 1 aromatic carbocycles. The van der Waals surface area contributed by atoms with Gasteiger partial charge in [-0.2, -0.15) is 18.3 Å². The number of aryl methyl sites for hydroxylation is 2. The number of halogens is 3. The molecule has 114 valence electrons. The number of hydrogen-bond donors (Lipinski definition) is 2. The van der Waals surface area contributed by atoms with Crippen molar-refractivity contribution in [2.75, 3.05) is 11.1 Å². The molecule has 0 amide bonds. The van der Waals surface area contributed by atoms with Crippen molar-refractivity contribution in [2.45, 2.75) is 33.1 Å². The molecule has 0 aliphatic rings. The minimum absolute atomic E-state index is 0.382.